The molecular weight excluding hydrogens is 426 g/mol. The number of H-pyrrole nitrogens is 1. The summed E-state index contributed by atoms with van der Waals surface area (Å²) in [5.74, 6) is 1.03. The molecule has 0 aliphatic rings. The zero-order valence-electron chi connectivity index (χ0n) is 17.4. The van der Waals surface area contributed by atoms with Gasteiger partial charge in [-0.3, -0.25) is 0 Å². The van der Waals surface area contributed by atoms with Gasteiger partial charge >= 0.3 is 5.97 Å². The molecule has 0 amide bonds. The van der Waals surface area contributed by atoms with Crippen LogP contribution in [0.5, 0.6) is 0 Å². The number of furan rings is 1. The Kier molecular flexibility index (Phi) is 6.39. The molecular formula is C25H20ClN3O3. The second kappa shape index (κ2) is 9.54. The third-order valence-electron chi connectivity index (χ3n) is 4.88. The van der Waals surface area contributed by atoms with Crippen molar-refractivity contribution in [1.29, 1.82) is 5.26 Å². The lowest BCUT2D eigenvalue weighted by atomic mass is 10.1. The number of imidazole rings is 1. The molecule has 0 spiro atoms. The van der Waals surface area contributed by atoms with Crippen LogP contribution in [0.2, 0.25) is 5.02 Å². The van der Waals surface area contributed by atoms with E-state index < -0.39 is 5.97 Å². The average molecular weight is 446 g/mol. The second-order valence-electron chi connectivity index (χ2n) is 7.16. The third kappa shape index (κ3) is 4.58. The minimum Gasteiger partial charge on any atom is -0.462 e. The first kappa shape index (κ1) is 21.4. The van der Waals surface area contributed by atoms with E-state index in [1.165, 1.54) is 0 Å². The molecule has 0 saturated carbocycles. The lowest BCUT2D eigenvalue weighted by Gasteiger charge is -2.07. The van der Waals surface area contributed by atoms with Crippen LogP contribution in [0.25, 0.3) is 34.0 Å². The van der Waals surface area contributed by atoms with Gasteiger partial charge in [-0.2, -0.15) is 5.26 Å². The maximum absolute atomic E-state index is 12.4. The first-order valence-corrected chi connectivity index (χ1v) is 10.6. The van der Waals surface area contributed by atoms with Crippen LogP contribution in [0.15, 0.2) is 59.0 Å². The van der Waals surface area contributed by atoms with Gasteiger partial charge in [-0.1, -0.05) is 37.1 Å². The van der Waals surface area contributed by atoms with Crippen molar-refractivity contribution < 1.29 is 13.9 Å². The highest BCUT2D eigenvalue weighted by Gasteiger charge is 2.15. The van der Waals surface area contributed by atoms with Gasteiger partial charge < -0.3 is 14.1 Å². The monoisotopic (exact) mass is 445 g/mol. The van der Waals surface area contributed by atoms with E-state index in [0.717, 1.165) is 23.9 Å². The van der Waals surface area contributed by atoms with Gasteiger partial charge in [0.15, 0.2) is 0 Å². The standard InChI is InChI=1S/C25H20ClN3O3/c1-2-3-12-31-25(30)19-14-16(8-10-20(19)26)23-11-9-18(32-23)13-17(15-27)24-28-21-6-4-5-7-22(21)29-24/h4-11,13-14H,2-3,12H2,1H3,(H,28,29)/b17-13+. The largest absolute Gasteiger partial charge is 0.462 e. The molecule has 32 heavy (non-hydrogen) atoms. The predicted octanol–water partition coefficient (Wildman–Crippen LogP) is 6.50. The molecule has 2 aromatic heterocycles. The summed E-state index contributed by atoms with van der Waals surface area (Å²) < 4.78 is 11.2. The molecule has 0 aliphatic heterocycles. The molecule has 2 heterocycles. The fraction of sp³-hybridized carbons (Fsp3) is 0.160. The van der Waals surface area contributed by atoms with Crippen molar-refractivity contribution >= 4 is 40.3 Å². The number of aromatic nitrogens is 2. The summed E-state index contributed by atoms with van der Waals surface area (Å²) in [6.07, 6.45) is 3.35. The summed E-state index contributed by atoms with van der Waals surface area (Å²) in [5.41, 5.74) is 2.94. The molecule has 1 N–H and O–H groups in total. The molecule has 0 unspecified atom stereocenters. The number of hydrogen-bond acceptors (Lipinski definition) is 5. The zero-order chi connectivity index (χ0) is 22.5. The maximum atomic E-state index is 12.4. The zero-order valence-corrected chi connectivity index (χ0v) is 18.1. The quantitative estimate of drug-likeness (QED) is 0.199. The fourth-order valence-electron chi connectivity index (χ4n) is 3.18. The molecule has 0 fully saturated rings. The number of carbonyl (C=O) groups excluding carboxylic acids is 1. The van der Waals surface area contributed by atoms with Crippen LogP contribution in [0.1, 0.15) is 41.7 Å². The SMILES string of the molecule is CCCCOC(=O)c1cc(-c2ccc(/C=C(\C#N)c3nc4ccccc4[nH]3)o2)ccc1Cl. The molecule has 0 aliphatic carbocycles. The van der Waals surface area contributed by atoms with Crippen molar-refractivity contribution in [3.05, 3.63) is 76.8 Å². The Balaban J connectivity index is 1.60. The number of ether oxygens (including phenoxy) is 1. The lowest BCUT2D eigenvalue weighted by Crippen LogP contribution is -2.07. The number of hydrogen-bond donors (Lipinski definition) is 1. The molecule has 4 aromatic rings. The van der Waals surface area contributed by atoms with Crippen LogP contribution in [0.4, 0.5) is 0 Å². The van der Waals surface area contributed by atoms with Gasteiger partial charge in [-0.25, -0.2) is 9.78 Å². The van der Waals surface area contributed by atoms with Crippen LogP contribution < -0.4 is 0 Å². The van der Waals surface area contributed by atoms with Crippen molar-refractivity contribution in [3.63, 3.8) is 0 Å². The van der Waals surface area contributed by atoms with E-state index in [1.807, 2.05) is 31.2 Å². The number of benzene rings is 2. The van der Waals surface area contributed by atoms with Crippen molar-refractivity contribution in [3.8, 4) is 17.4 Å². The van der Waals surface area contributed by atoms with E-state index >= 15 is 0 Å². The van der Waals surface area contributed by atoms with Gasteiger partial charge in [-0.15, -0.1) is 0 Å². The number of allylic oxidation sites excluding steroid dienone is 1. The van der Waals surface area contributed by atoms with Crippen LogP contribution in [0.3, 0.4) is 0 Å². The minimum absolute atomic E-state index is 0.286. The Morgan fingerprint density at radius 2 is 2.09 bits per heavy atom. The Hall–Kier alpha value is -3.82. The fourth-order valence-corrected chi connectivity index (χ4v) is 3.38. The van der Waals surface area contributed by atoms with E-state index in [1.54, 1.807) is 36.4 Å². The van der Waals surface area contributed by atoms with E-state index in [0.29, 0.717) is 40.1 Å². The Morgan fingerprint density at radius 1 is 1.25 bits per heavy atom. The molecule has 0 atom stereocenters. The van der Waals surface area contributed by atoms with Gasteiger partial charge in [-0.05, 0) is 48.9 Å². The average Bonchev–Trinajstić information content (AvgIpc) is 3.45. The van der Waals surface area contributed by atoms with Gasteiger partial charge in [0.25, 0.3) is 0 Å². The Bertz CT molecular complexity index is 1310. The predicted molar refractivity (Wildman–Crippen MR) is 124 cm³/mol. The number of halogens is 1. The summed E-state index contributed by atoms with van der Waals surface area (Å²) in [6, 6.07) is 18.3. The minimum atomic E-state index is -0.464. The lowest BCUT2D eigenvalue weighted by molar-refractivity contribution is 0.0500. The van der Waals surface area contributed by atoms with Crippen molar-refractivity contribution in [2.75, 3.05) is 6.61 Å². The van der Waals surface area contributed by atoms with Gasteiger partial charge in [0.1, 0.15) is 23.4 Å². The molecule has 0 saturated heterocycles. The Labute approximate surface area is 190 Å². The highest BCUT2D eigenvalue weighted by molar-refractivity contribution is 6.33. The first-order chi connectivity index (χ1) is 15.6. The smallest absolute Gasteiger partial charge is 0.339 e. The molecule has 7 heteroatoms. The number of nitriles is 1. The topological polar surface area (TPSA) is 91.9 Å². The van der Waals surface area contributed by atoms with Crippen LogP contribution >= 0.6 is 11.6 Å². The van der Waals surface area contributed by atoms with Crippen molar-refractivity contribution in [2.45, 2.75) is 19.8 Å². The molecule has 4 rings (SSSR count). The number of unbranched alkanes of at least 4 members (excludes halogenated alkanes) is 1. The second-order valence-corrected chi connectivity index (χ2v) is 7.57. The molecule has 6 nitrogen and oxygen atoms in total. The summed E-state index contributed by atoms with van der Waals surface area (Å²) in [6.45, 7) is 2.38. The van der Waals surface area contributed by atoms with E-state index in [-0.39, 0.29) is 5.56 Å². The highest BCUT2D eigenvalue weighted by Crippen LogP contribution is 2.29. The number of fused-ring (bicyclic) bond motifs is 1. The van der Waals surface area contributed by atoms with E-state index in [2.05, 4.69) is 16.0 Å². The van der Waals surface area contributed by atoms with E-state index in [4.69, 9.17) is 20.8 Å². The summed E-state index contributed by atoms with van der Waals surface area (Å²) in [5, 5.41) is 9.94. The highest BCUT2D eigenvalue weighted by atomic mass is 35.5. The summed E-state index contributed by atoms with van der Waals surface area (Å²) >= 11 is 6.20. The number of rotatable bonds is 7. The molecule has 0 radical (unpaired) electrons. The van der Waals surface area contributed by atoms with Gasteiger partial charge in [0.2, 0.25) is 0 Å². The van der Waals surface area contributed by atoms with Gasteiger partial charge in [0.05, 0.1) is 33.8 Å². The third-order valence-corrected chi connectivity index (χ3v) is 5.21. The maximum Gasteiger partial charge on any atom is 0.339 e. The van der Waals surface area contributed by atoms with Crippen LogP contribution in [-0.4, -0.2) is 22.5 Å². The normalized spacial score (nSPS) is 11.5. The number of nitrogens with one attached hydrogen (secondary N) is 1. The Morgan fingerprint density at radius 3 is 2.88 bits per heavy atom. The number of aromatic amines is 1. The summed E-state index contributed by atoms with van der Waals surface area (Å²) in [4.78, 5) is 20.0. The van der Waals surface area contributed by atoms with Gasteiger partial charge in [0, 0.05) is 11.6 Å². The molecule has 2 aromatic carbocycles. The molecule has 0 bridgehead atoms. The van der Waals surface area contributed by atoms with Crippen LogP contribution in [0, 0.1) is 11.3 Å². The van der Waals surface area contributed by atoms with E-state index in [9.17, 15) is 10.1 Å². The molecule has 160 valence electrons. The van der Waals surface area contributed by atoms with Crippen LogP contribution in [-0.2, 0) is 4.74 Å². The number of carbonyl (C=O) groups is 1. The first-order valence-electron chi connectivity index (χ1n) is 10.2. The summed E-state index contributed by atoms with van der Waals surface area (Å²) in [7, 11) is 0. The van der Waals surface area contributed by atoms with Crippen molar-refractivity contribution in [1.82, 2.24) is 9.97 Å². The number of nitrogens with zero attached hydrogens (tertiary/aromatic N) is 2. The number of para-hydroxylation sites is 2. The van der Waals surface area contributed by atoms with Crippen molar-refractivity contribution in [2.24, 2.45) is 0 Å². The number of esters is 1.